The van der Waals surface area contributed by atoms with Gasteiger partial charge in [-0.1, -0.05) is 0 Å². The van der Waals surface area contributed by atoms with Gasteiger partial charge in [0.15, 0.2) is 0 Å². The number of hydrogen-bond acceptors (Lipinski definition) is 3. The van der Waals surface area contributed by atoms with E-state index in [4.69, 9.17) is 5.73 Å². The SMILES string of the molecule is NC1(C(=O)NCCc2ccn(-c3ccc(F)cc3)n2)CC1. The monoisotopic (exact) mass is 288 g/mol. The summed E-state index contributed by atoms with van der Waals surface area (Å²) in [4.78, 5) is 11.7. The Balaban J connectivity index is 1.55. The van der Waals surface area contributed by atoms with Crippen LogP contribution < -0.4 is 11.1 Å². The van der Waals surface area contributed by atoms with E-state index < -0.39 is 5.54 Å². The minimum Gasteiger partial charge on any atom is -0.354 e. The molecular formula is C15H17FN4O. The van der Waals surface area contributed by atoms with Gasteiger partial charge in [-0.05, 0) is 43.2 Å². The highest BCUT2D eigenvalue weighted by Crippen LogP contribution is 2.31. The summed E-state index contributed by atoms with van der Waals surface area (Å²) in [6, 6.07) is 8.00. The van der Waals surface area contributed by atoms with Gasteiger partial charge in [0.05, 0.1) is 16.9 Å². The van der Waals surface area contributed by atoms with Crippen LogP contribution in [0.5, 0.6) is 0 Å². The fraction of sp³-hybridized carbons (Fsp3) is 0.333. The van der Waals surface area contributed by atoms with Crippen LogP contribution >= 0.6 is 0 Å². The number of nitrogens with two attached hydrogens (primary N) is 1. The molecule has 1 saturated carbocycles. The molecule has 21 heavy (non-hydrogen) atoms. The molecule has 0 saturated heterocycles. The number of amides is 1. The Hall–Kier alpha value is -2.21. The molecule has 3 N–H and O–H groups in total. The number of carbonyl (C=O) groups excluding carboxylic acids is 1. The van der Waals surface area contributed by atoms with E-state index in [0.29, 0.717) is 13.0 Å². The second-order valence-corrected chi connectivity index (χ2v) is 5.39. The Morgan fingerprint density at radius 2 is 2.05 bits per heavy atom. The van der Waals surface area contributed by atoms with Gasteiger partial charge in [-0.2, -0.15) is 5.10 Å². The Kier molecular flexibility index (Phi) is 3.47. The average molecular weight is 288 g/mol. The third kappa shape index (κ3) is 3.11. The first-order chi connectivity index (χ1) is 10.1. The zero-order chi connectivity index (χ0) is 14.9. The van der Waals surface area contributed by atoms with Crippen LogP contribution in [0, 0.1) is 5.82 Å². The first kappa shape index (κ1) is 13.8. The van der Waals surface area contributed by atoms with Gasteiger partial charge >= 0.3 is 0 Å². The normalized spacial score (nSPS) is 15.7. The van der Waals surface area contributed by atoms with Crippen LogP contribution in [0.15, 0.2) is 36.5 Å². The summed E-state index contributed by atoms with van der Waals surface area (Å²) in [6.07, 6.45) is 3.97. The summed E-state index contributed by atoms with van der Waals surface area (Å²) in [6.45, 7) is 0.512. The van der Waals surface area contributed by atoms with E-state index in [-0.39, 0.29) is 11.7 Å². The quantitative estimate of drug-likeness (QED) is 0.867. The van der Waals surface area contributed by atoms with Gasteiger partial charge < -0.3 is 11.1 Å². The van der Waals surface area contributed by atoms with Crippen LogP contribution in [0.4, 0.5) is 4.39 Å². The Morgan fingerprint density at radius 3 is 2.71 bits per heavy atom. The van der Waals surface area contributed by atoms with Crippen molar-refractivity contribution >= 4 is 5.91 Å². The van der Waals surface area contributed by atoms with Crippen LogP contribution in [0.2, 0.25) is 0 Å². The number of benzene rings is 1. The molecule has 1 heterocycles. The minimum absolute atomic E-state index is 0.0829. The summed E-state index contributed by atoms with van der Waals surface area (Å²) < 4.78 is 14.6. The summed E-state index contributed by atoms with van der Waals surface area (Å²) in [7, 11) is 0. The molecule has 1 amide bonds. The van der Waals surface area contributed by atoms with Crippen molar-refractivity contribution < 1.29 is 9.18 Å². The van der Waals surface area contributed by atoms with E-state index in [1.807, 2.05) is 12.3 Å². The van der Waals surface area contributed by atoms with Crippen LogP contribution in [0.1, 0.15) is 18.5 Å². The highest BCUT2D eigenvalue weighted by Gasteiger charge is 2.45. The Bertz CT molecular complexity index is 646. The molecule has 0 atom stereocenters. The summed E-state index contributed by atoms with van der Waals surface area (Å²) in [5.41, 5.74) is 6.83. The smallest absolute Gasteiger partial charge is 0.240 e. The standard InChI is InChI=1S/C15H17FN4O/c16-11-1-3-13(4-2-11)20-10-6-12(19-20)5-9-18-14(21)15(17)7-8-15/h1-4,6,10H,5,7-9,17H2,(H,18,21). The number of nitrogens with zero attached hydrogens (tertiary/aromatic N) is 2. The molecule has 1 aromatic carbocycles. The predicted octanol–water partition coefficient (Wildman–Crippen LogP) is 1.16. The Labute approximate surface area is 121 Å². The molecule has 1 fully saturated rings. The van der Waals surface area contributed by atoms with E-state index >= 15 is 0 Å². The summed E-state index contributed by atoms with van der Waals surface area (Å²) in [5, 5.41) is 7.22. The maximum absolute atomic E-state index is 12.9. The van der Waals surface area contributed by atoms with Crippen molar-refractivity contribution in [3.8, 4) is 5.69 Å². The maximum atomic E-state index is 12.9. The van der Waals surface area contributed by atoms with Gasteiger partial charge in [-0.15, -0.1) is 0 Å². The lowest BCUT2D eigenvalue weighted by Gasteiger charge is -2.08. The fourth-order valence-electron chi connectivity index (χ4n) is 2.07. The van der Waals surface area contributed by atoms with Gasteiger partial charge in [0, 0.05) is 19.2 Å². The van der Waals surface area contributed by atoms with Crippen LogP contribution in [-0.4, -0.2) is 27.8 Å². The predicted molar refractivity (Wildman–Crippen MR) is 76.4 cm³/mol. The van der Waals surface area contributed by atoms with Crippen molar-refractivity contribution in [2.75, 3.05) is 6.54 Å². The van der Waals surface area contributed by atoms with Gasteiger partial charge in [-0.3, -0.25) is 4.79 Å². The molecule has 0 aliphatic heterocycles. The second-order valence-electron chi connectivity index (χ2n) is 5.39. The topological polar surface area (TPSA) is 72.9 Å². The fourth-order valence-corrected chi connectivity index (χ4v) is 2.07. The largest absolute Gasteiger partial charge is 0.354 e. The first-order valence-electron chi connectivity index (χ1n) is 6.94. The molecule has 0 bridgehead atoms. The lowest BCUT2D eigenvalue weighted by atomic mass is 10.2. The van der Waals surface area contributed by atoms with Gasteiger partial charge in [0.25, 0.3) is 0 Å². The zero-order valence-electron chi connectivity index (χ0n) is 11.6. The van der Waals surface area contributed by atoms with Crippen molar-refractivity contribution in [1.29, 1.82) is 0 Å². The maximum Gasteiger partial charge on any atom is 0.240 e. The summed E-state index contributed by atoms with van der Waals surface area (Å²) in [5.74, 6) is -0.356. The molecule has 2 aromatic rings. The highest BCUT2D eigenvalue weighted by atomic mass is 19.1. The van der Waals surface area contributed by atoms with Gasteiger partial charge in [-0.25, -0.2) is 9.07 Å². The van der Waals surface area contributed by atoms with Gasteiger partial charge in [0.1, 0.15) is 5.82 Å². The van der Waals surface area contributed by atoms with E-state index in [1.54, 1.807) is 16.8 Å². The molecule has 0 spiro atoms. The van der Waals surface area contributed by atoms with Crippen molar-refractivity contribution in [2.45, 2.75) is 24.8 Å². The average Bonchev–Trinajstić information content (AvgIpc) is 3.06. The van der Waals surface area contributed by atoms with E-state index in [2.05, 4.69) is 10.4 Å². The molecular weight excluding hydrogens is 271 g/mol. The number of hydrogen-bond donors (Lipinski definition) is 2. The van der Waals surface area contributed by atoms with E-state index in [0.717, 1.165) is 24.2 Å². The molecule has 0 unspecified atom stereocenters. The number of nitrogens with one attached hydrogen (secondary N) is 1. The molecule has 1 aliphatic carbocycles. The number of aromatic nitrogens is 2. The lowest BCUT2D eigenvalue weighted by Crippen LogP contribution is -2.43. The first-order valence-corrected chi connectivity index (χ1v) is 6.94. The third-order valence-electron chi connectivity index (χ3n) is 3.64. The minimum atomic E-state index is -0.631. The van der Waals surface area contributed by atoms with Crippen molar-refractivity contribution in [2.24, 2.45) is 5.73 Å². The molecule has 6 heteroatoms. The second kappa shape index (κ2) is 5.29. The van der Waals surface area contributed by atoms with Crippen LogP contribution in [0.3, 0.4) is 0 Å². The molecule has 3 rings (SSSR count). The van der Waals surface area contributed by atoms with Crippen molar-refractivity contribution in [3.05, 3.63) is 48.0 Å². The molecule has 1 aliphatic rings. The molecule has 1 aromatic heterocycles. The number of rotatable bonds is 5. The van der Waals surface area contributed by atoms with Crippen molar-refractivity contribution in [3.63, 3.8) is 0 Å². The highest BCUT2D eigenvalue weighted by molar-refractivity contribution is 5.88. The molecule has 110 valence electrons. The zero-order valence-corrected chi connectivity index (χ0v) is 11.6. The van der Waals surface area contributed by atoms with Crippen molar-refractivity contribution in [1.82, 2.24) is 15.1 Å². The van der Waals surface area contributed by atoms with E-state index in [1.165, 1.54) is 12.1 Å². The van der Waals surface area contributed by atoms with E-state index in [9.17, 15) is 9.18 Å². The lowest BCUT2D eigenvalue weighted by molar-refractivity contribution is -0.123. The number of carbonyl (C=O) groups is 1. The number of halogens is 1. The molecule has 0 radical (unpaired) electrons. The summed E-state index contributed by atoms with van der Waals surface area (Å²) >= 11 is 0. The van der Waals surface area contributed by atoms with Crippen LogP contribution in [-0.2, 0) is 11.2 Å². The molecule has 5 nitrogen and oxygen atoms in total. The third-order valence-corrected chi connectivity index (χ3v) is 3.64. The van der Waals surface area contributed by atoms with Gasteiger partial charge in [0.2, 0.25) is 5.91 Å². The Morgan fingerprint density at radius 1 is 1.33 bits per heavy atom. The van der Waals surface area contributed by atoms with Crippen LogP contribution in [0.25, 0.3) is 5.69 Å².